The average Bonchev–Trinajstić information content (AvgIpc) is 2.63. The zero-order valence-electron chi connectivity index (χ0n) is 9.58. The van der Waals surface area contributed by atoms with Crippen LogP contribution >= 0.6 is 22.9 Å². The molecule has 1 unspecified atom stereocenters. The third kappa shape index (κ3) is 3.15. The van der Waals surface area contributed by atoms with E-state index in [1.165, 1.54) is 6.92 Å². The molecule has 6 heteroatoms. The SMILES string of the molecule is CCCCS(=O)c1sc(C(C)=O)c(Cl)c1C#N. The third-order valence-corrected chi connectivity index (χ3v) is 5.80. The van der Waals surface area contributed by atoms with E-state index in [0.717, 1.165) is 24.2 Å². The number of Topliss-reactive ketones (excluding diaryl/α,β-unsaturated/α-hetero) is 1. The Hall–Kier alpha value is -0.700. The van der Waals surface area contributed by atoms with Crippen molar-refractivity contribution >= 4 is 39.5 Å². The summed E-state index contributed by atoms with van der Waals surface area (Å²) in [6.07, 6.45) is 1.76. The van der Waals surface area contributed by atoms with Gasteiger partial charge in [-0.05, 0) is 6.42 Å². The molecular weight excluding hydrogens is 278 g/mol. The Balaban J connectivity index is 3.16. The van der Waals surface area contributed by atoms with Crippen LogP contribution in [0.25, 0.3) is 0 Å². The fourth-order valence-electron chi connectivity index (χ4n) is 1.24. The van der Waals surface area contributed by atoms with Gasteiger partial charge in [0.25, 0.3) is 0 Å². The molecule has 3 nitrogen and oxygen atoms in total. The average molecular weight is 290 g/mol. The minimum Gasteiger partial charge on any atom is -0.294 e. The molecule has 0 aliphatic rings. The van der Waals surface area contributed by atoms with Crippen molar-refractivity contribution in [2.24, 2.45) is 0 Å². The minimum atomic E-state index is -1.24. The molecule has 1 heterocycles. The van der Waals surface area contributed by atoms with Gasteiger partial charge in [0.15, 0.2) is 5.78 Å². The summed E-state index contributed by atoms with van der Waals surface area (Å²) in [5.41, 5.74) is 0.191. The van der Waals surface area contributed by atoms with Crippen molar-refractivity contribution in [3.05, 3.63) is 15.5 Å². The van der Waals surface area contributed by atoms with E-state index in [0.29, 0.717) is 14.8 Å². The second-order valence-corrected chi connectivity index (χ2v) is 6.64. The summed E-state index contributed by atoms with van der Waals surface area (Å²) >= 11 is 7.01. The van der Waals surface area contributed by atoms with Crippen LogP contribution in [0.15, 0.2) is 4.21 Å². The molecule has 1 rings (SSSR count). The molecule has 0 N–H and O–H groups in total. The largest absolute Gasteiger partial charge is 0.294 e. The van der Waals surface area contributed by atoms with Crippen molar-refractivity contribution in [3.63, 3.8) is 0 Å². The van der Waals surface area contributed by atoms with E-state index in [2.05, 4.69) is 0 Å². The van der Waals surface area contributed by atoms with E-state index < -0.39 is 10.8 Å². The smallest absolute Gasteiger partial charge is 0.171 e. The summed E-state index contributed by atoms with van der Waals surface area (Å²) in [5.74, 6) is 0.301. The maximum absolute atomic E-state index is 12.0. The Kier molecular flexibility index (Phi) is 5.31. The van der Waals surface area contributed by atoms with Gasteiger partial charge in [0.05, 0.1) is 26.3 Å². The second-order valence-electron chi connectivity index (χ2n) is 3.48. The number of unbranched alkanes of at least 4 members (excludes halogenated alkanes) is 1. The van der Waals surface area contributed by atoms with Crippen LogP contribution in [-0.2, 0) is 10.8 Å². The van der Waals surface area contributed by atoms with Crippen LogP contribution in [0.2, 0.25) is 5.02 Å². The van der Waals surface area contributed by atoms with Gasteiger partial charge in [0.2, 0.25) is 0 Å². The first-order valence-electron chi connectivity index (χ1n) is 5.14. The molecule has 1 aromatic heterocycles. The van der Waals surface area contributed by atoms with E-state index in [1.54, 1.807) is 0 Å². The summed E-state index contributed by atoms with van der Waals surface area (Å²) < 4.78 is 12.4. The molecule has 92 valence electrons. The third-order valence-electron chi connectivity index (χ3n) is 2.14. The predicted octanol–water partition coefficient (Wildman–Crippen LogP) is 3.38. The Bertz CT molecular complexity index is 502. The van der Waals surface area contributed by atoms with E-state index in [-0.39, 0.29) is 16.4 Å². The number of thiophene rings is 1. The number of ketones is 1. The van der Waals surface area contributed by atoms with Gasteiger partial charge in [-0.15, -0.1) is 11.3 Å². The highest BCUT2D eigenvalue weighted by atomic mass is 35.5. The summed E-state index contributed by atoms with van der Waals surface area (Å²) in [5, 5.41) is 9.14. The van der Waals surface area contributed by atoms with Crippen LogP contribution < -0.4 is 0 Å². The Morgan fingerprint density at radius 3 is 2.71 bits per heavy atom. The van der Waals surface area contributed by atoms with Crippen LogP contribution in [-0.4, -0.2) is 15.7 Å². The van der Waals surface area contributed by atoms with Crippen LogP contribution in [0.5, 0.6) is 0 Å². The number of nitrogens with zero attached hydrogens (tertiary/aromatic N) is 1. The first kappa shape index (κ1) is 14.4. The van der Waals surface area contributed by atoms with Gasteiger partial charge in [-0.3, -0.25) is 9.00 Å². The summed E-state index contributed by atoms with van der Waals surface area (Å²) in [7, 11) is -1.24. The Labute approximate surface area is 112 Å². The lowest BCUT2D eigenvalue weighted by Crippen LogP contribution is -1.97. The maximum atomic E-state index is 12.0. The molecule has 1 atom stereocenters. The Morgan fingerprint density at radius 1 is 1.59 bits per heavy atom. The molecule has 0 spiro atoms. The van der Waals surface area contributed by atoms with Gasteiger partial charge in [0.1, 0.15) is 10.3 Å². The van der Waals surface area contributed by atoms with Crippen molar-refractivity contribution < 1.29 is 9.00 Å². The fourth-order valence-corrected chi connectivity index (χ4v) is 4.49. The summed E-state index contributed by atoms with van der Waals surface area (Å²) in [6, 6.07) is 1.93. The lowest BCUT2D eigenvalue weighted by Gasteiger charge is -1.97. The highest BCUT2D eigenvalue weighted by molar-refractivity contribution is 7.87. The molecule has 0 saturated heterocycles. The molecule has 0 bridgehead atoms. The van der Waals surface area contributed by atoms with Crippen molar-refractivity contribution in [1.82, 2.24) is 0 Å². The van der Waals surface area contributed by atoms with Crippen molar-refractivity contribution in [3.8, 4) is 6.07 Å². The lowest BCUT2D eigenvalue weighted by molar-refractivity contribution is 0.102. The minimum absolute atomic E-state index is 0.143. The number of carbonyl (C=O) groups is 1. The predicted molar refractivity (Wildman–Crippen MR) is 70.2 cm³/mol. The first-order valence-corrected chi connectivity index (χ1v) is 7.65. The highest BCUT2D eigenvalue weighted by Gasteiger charge is 2.22. The Morgan fingerprint density at radius 2 is 2.24 bits per heavy atom. The monoisotopic (exact) mass is 289 g/mol. The van der Waals surface area contributed by atoms with Crippen LogP contribution in [0, 0.1) is 11.3 Å². The van der Waals surface area contributed by atoms with Gasteiger partial charge in [-0.2, -0.15) is 5.26 Å². The molecule has 0 fully saturated rings. The quantitative estimate of drug-likeness (QED) is 0.781. The molecule has 0 aromatic carbocycles. The molecule has 0 radical (unpaired) electrons. The fraction of sp³-hybridized carbons (Fsp3) is 0.455. The highest BCUT2D eigenvalue weighted by Crippen LogP contribution is 2.35. The summed E-state index contributed by atoms with van der Waals surface area (Å²) in [4.78, 5) is 11.6. The van der Waals surface area contributed by atoms with Crippen LogP contribution in [0.1, 0.15) is 41.9 Å². The van der Waals surface area contributed by atoms with Gasteiger partial charge >= 0.3 is 0 Å². The normalized spacial score (nSPS) is 12.1. The van der Waals surface area contributed by atoms with Gasteiger partial charge < -0.3 is 0 Å². The van der Waals surface area contributed by atoms with Gasteiger partial charge in [-0.25, -0.2) is 0 Å². The second kappa shape index (κ2) is 6.29. The van der Waals surface area contributed by atoms with E-state index in [9.17, 15) is 9.00 Å². The van der Waals surface area contributed by atoms with Gasteiger partial charge in [-0.1, -0.05) is 24.9 Å². The molecule has 0 amide bonds. The van der Waals surface area contributed by atoms with Crippen molar-refractivity contribution in [2.75, 3.05) is 5.75 Å². The molecule has 0 aliphatic heterocycles. The number of hydrogen-bond donors (Lipinski definition) is 0. The first-order chi connectivity index (χ1) is 8.02. The van der Waals surface area contributed by atoms with E-state index in [4.69, 9.17) is 16.9 Å². The number of carbonyl (C=O) groups excluding carboxylic acids is 1. The molecule has 0 aliphatic carbocycles. The number of nitriles is 1. The molecule has 1 aromatic rings. The van der Waals surface area contributed by atoms with E-state index >= 15 is 0 Å². The zero-order valence-corrected chi connectivity index (χ0v) is 12.0. The molecule has 17 heavy (non-hydrogen) atoms. The lowest BCUT2D eigenvalue weighted by atomic mass is 10.3. The zero-order chi connectivity index (χ0) is 13.0. The van der Waals surface area contributed by atoms with Gasteiger partial charge in [0, 0.05) is 12.7 Å². The van der Waals surface area contributed by atoms with Crippen LogP contribution in [0.3, 0.4) is 0 Å². The topological polar surface area (TPSA) is 57.9 Å². The van der Waals surface area contributed by atoms with Crippen molar-refractivity contribution in [2.45, 2.75) is 30.9 Å². The molecular formula is C11H12ClNO2S2. The number of rotatable bonds is 5. The standard InChI is InChI=1S/C11H12ClNO2S2/c1-3-4-5-17(15)11-8(6-13)9(12)10(16-11)7(2)14/h3-5H2,1-2H3. The van der Waals surface area contributed by atoms with Crippen LogP contribution in [0.4, 0.5) is 0 Å². The summed E-state index contributed by atoms with van der Waals surface area (Å²) in [6.45, 7) is 3.39. The maximum Gasteiger partial charge on any atom is 0.171 e. The molecule has 0 saturated carbocycles. The number of hydrogen-bond acceptors (Lipinski definition) is 4. The van der Waals surface area contributed by atoms with E-state index in [1.807, 2.05) is 13.0 Å². The van der Waals surface area contributed by atoms with Crippen molar-refractivity contribution in [1.29, 1.82) is 5.26 Å². The number of halogens is 1.